The fourth-order valence-electron chi connectivity index (χ4n) is 3.88. The van der Waals surface area contributed by atoms with Crippen molar-refractivity contribution >= 4 is 33.4 Å². The molecule has 3 aromatic carbocycles. The number of carbonyl (C=O) groups is 1. The Morgan fingerprint density at radius 1 is 1.03 bits per heavy atom. The zero-order valence-corrected chi connectivity index (χ0v) is 18.2. The molecule has 0 aliphatic carbocycles. The van der Waals surface area contributed by atoms with Crippen LogP contribution in [-0.4, -0.2) is 27.8 Å². The first-order valence-electron chi connectivity index (χ1n) is 10.5. The van der Waals surface area contributed by atoms with Crippen molar-refractivity contribution in [1.29, 1.82) is 0 Å². The van der Waals surface area contributed by atoms with Crippen molar-refractivity contribution in [2.24, 2.45) is 0 Å². The third kappa shape index (κ3) is 4.01. The van der Waals surface area contributed by atoms with Crippen molar-refractivity contribution in [3.63, 3.8) is 0 Å². The van der Waals surface area contributed by atoms with Crippen molar-refractivity contribution in [3.8, 4) is 17.0 Å². The highest BCUT2D eigenvalue weighted by Crippen LogP contribution is 2.32. The number of rotatable bonds is 5. The minimum atomic E-state index is -0.371. The molecule has 0 spiro atoms. The van der Waals surface area contributed by atoms with Gasteiger partial charge in [0.25, 0.3) is 0 Å². The fourth-order valence-corrected chi connectivity index (χ4v) is 3.88. The van der Waals surface area contributed by atoms with Gasteiger partial charge in [-0.05, 0) is 49.4 Å². The van der Waals surface area contributed by atoms with Crippen molar-refractivity contribution in [2.75, 3.05) is 12.4 Å². The summed E-state index contributed by atoms with van der Waals surface area (Å²) in [5, 5.41) is 8.99. The quantitative estimate of drug-likeness (QED) is 0.400. The second-order valence-electron chi connectivity index (χ2n) is 7.83. The van der Waals surface area contributed by atoms with Gasteiger partial charge in [-0.3, -0.25) is 14.5 Å². The molecule has 1 N–H and O–H groups in total. The highest BCUT2D eigenvalue weighted by molar-refractivity contribution is 6.08. The van der Waals surface area contributed by atoms with Crippen LogP contribution in [0.1, 0.15) is 5.56 Å². The summed E-state index contributed by atoms with van der Waals surface area (Å²) in [5.74, 6) is 0.0836. The van der Waals surface area contributed by atoms with Crippen LogP contribution in [0.5, 0.6) is 5.75 Å². The summed E-state index contributed by atoms with van der Waals surface area (Å²) in [4.78, 5) is 17.4. The van der Waals surface area contributed by atoms with Crippen molar-refractivity contribution in [3.05, 3.63) is 84.3 Å². The molecule has 5 aromatic rings. The predicted octanol–water partition coefficient (Wildman–Crippen LogP) is 5.35. The van der Waals surface area contributed by atoms with E-state index in [-0.39, 0.29) is 18.3 Å². The van der Waals surface area contributed by atoms with Gasteiger partial charge in [-0.25, -0.2) is 4.39 Å². The van der Waals surface area contributed by atoms with Crippen LogP contribution in [0.25, 0.3) is 33.1 Å². The summed E-state index contributed by atoms with van der Waals surface area (Å²) in [7, 11) is 1.59. The van der Waals surface area contributed by atoms with E-state index in [1.54, 1.807) is 48.3 Å². The number of fused-ring (bicyclic) bond motifs is 3. The number of anilines is 1. The molecule has 0 bridgehead atoms. The second-order valence-corrected chi connectivity index (χ2v) is 7.83. The molecule has 2 heterocycles. The van der Waals surface area contributed by atoms with Gasteiger partial charge in [-0.1, -0.05) is 29.8 Å². The van der Waals surface area contributed by atoms with Crippen LogP contribution in [0, 0.1) is 12.7 Å². The molecule has 7 heteroatoms. The second kappa shape index (κ2) is 8.35. The van der Waals surface area contributed by atoms with Crippen LogP contribution in [0.15, 0.2) is 72.9 Å². The summed E-state index contributed by atoms with van der Waals surface area (Å²) in [6.45, 7) is 1.98. The lowest BCUT2D eigenvalue weighted by Crippen LogP contribution is -2.19. The van der Waals surface area contributed by atoms with Crippen LogP contribution >= 0.6 is 0 Å². The van der Waals surface area contributed by atoms with Gasteiger partial charge in [0.1, 0.15) is 23.8 Å². The number of benzene rings is 3. The van der Waals surface area contributed by atoms with Crippen molar-refractivity contribution in [1.82, 2.24) is 14.8 Å². The highest BCUT2D eigenvalue weighted by Gasteiger charge is 2.18. The Bertz CT molecular complexity index is 1480. The summed E-state index contributed by atoms with van der Waals surface area (Å²) >= 11 is 0. The third-order valence-electron chi connectivity index (χ3n) is 5.53. The number of nitrogens with one attached hydrogen (secondary N) is 1. The van der Waals surface area contributed by atoms with E-state index in [0.717, 1.165) is 16.5 Å². The number of pyridine rings is 1. The summed E-state index contributed by atoms with van der Waals surface area (Å²) < 4.78 is 20.9. The molecule has 6 nitrogen and oxygen atoms in total. The Kier molecular flexibility index (Phi) is 5.22. The zero-order chi connectivity index (χ0) is 22.9. The lowest BCUT2D eigenvalue weighted by atomic mass is 10.1. The minimum absolute atomic E-state index is 0.0377. The van der Waals surface area contributed by atoms with Crippen LogP contribution in [0.3, 0.4) is 0 Å². The highest BCUT2D eigenvalue weighted by atomic mass is 19.1. The third-order valence-corrected chi connectivity index (χ3v) is 5.53. The van der Waals surface area contributed by atoms with Gasteiger partial charge in [0.05, 0.1) is 18.1 Å². The van der Waals surface area contributed by atoms with E-state index in [2.05, 4.69) is 10.3 Å². The maximum atomic E-state index is 14.1. The number of aryl methyl sites for hydroxylation is 1. The van der Waals surface area contributed by atoms with Crippen molar-refractivity contribution in [2.45, 2.75) is 13.5 Å². The number of carbonyl (C=O) groups excluding carboxylic acids is 1. The van der Waals surface area contributed by atoms with E-state index >= 15 is 0 Å². The van der Waals surface area contributed by atoms with E-state index < -0.39 is 0 Å². The molecule has 0 unspecified atom stereocenters. The summed E-state index contributed by atoms with van der Waals surface area (Å²) in [6, 6.07) is 19.5. The maximum Gasteiger partial charge on any atom is 0.246 e. The first-order chi connectivity index (χ1) is 16.0. The van der Waals surface area contributed by atoms with Gasteiger partial charge in [-0.2, -0.15) is 5.10 Å². The molecule has 0 aliphatic heterocycles. The van der Waals surface area contributed by atoms with Gasteiger partial charge in [0, 0.05) is 28.2 Å². The number of ether oxygens (including phenoxy) is 1. The van der Waals surface area contributed by atoms with E-state index in [0.29, 0.717) is 33.6 Å². The number of nitrogens with zero attached hydrogens (tertiary/aromatic N) is 3. The van der Waals surface area contributed by atoms with Crippen LogP contribution in [-0.2, 0) is 11.3 Å². The minimum Gasteiger partial charge on any atom is -0.497 e. The molecule has 0 radical (unpaired) electrons. The number of halogens is 1. The predicted molar refractivity (Wildman–Crippen MR) is 127 cm³/mol. The monoisotopic (exact) mass is 440 g/mol. The number of aromatic nitrogens is 3. The first kappa shape index (κ1) is 20.6. The van der Waals surface area contributed by atoms with Crippen molar-refractivity contribution < 1.29 is 13.9 Å². The Morgan fingerprint density at radius 3 is 2.52 bits per heavy atom. The summed E-state index contributed by atoms with van der Waals surface area (Å²) in [6.07, 6.45) is 1.73. The number of methoxy groups -OCH3 is 1. The molecule has 0 saturated heterocycles. The smallest absolute Gasteiger partial charge is 0.246 e. The topological polar surface area (TPSA) is 69.0 Å². The SMILES string of the molecule is COc1ccc(NC(=O)Cn2nc(-c3ccc(C)cc3)c3cnc4ccc(F)cc4c32)cc1. The Morgan fingerprint density at radius 2 is 1.79 bits per heavy atom. The van der Waals surface area contributed by atoms with Gasteiger partial charge < -0.3 is 10.1 Å². The average Bonchev–Trinajstić information content (AvgIpc) is 3.18. The molecule has 0 aliphatic rings. The molecule has 1 amide bonds. The first-order valence-corrected chi connectivity index (χ1v) is 10.5. The molecule has 164 valence electrons. The number of amides is 1. The lowest BCUT2D eigenvalue weighted by Gasteiger charge is -2.08. The number of hydrogen-bond donors (Lipinski definition) is 1. The molecular weight excluding hydrogens is 419 g/mol. The largest absolute Gasteiger partial charge is 0.497 e. The van der Waals surface area contributed by atoms with Crippen LogP contribution < -0.4 is 10.1 Å². The standard InChI is InChI=1S/C26H21FN4O2/c1-16-3-5-17(6-4-16)25-22-14-28-23-12-7-18(27)13-21(23)26(22)31(30-25)15-24(32)29-19-8-10-20(33-2)11-9-19/h3-14H,15H2,1-2H3,(H,29,32). The van der Waals surface area contributed by atoms with Gasteiger partial charge >= 0.3 is 0 Å². The fraction of sp³-hybridized carbons (Fsp3) is 0.115. The normalized spacial score (nSPS) is 11.1. The molecule has 0 atom stereocenters. The van der Waals surface area contributed by atoms with Crippen LogP contribution in [0.4, 0.5) is 10.1 Å². The maximum absolute atomic E-state index is 14.1. The number of hydrogen-bond acceptors (Lipinski definition) is 4. The molecular formula is C26H21FN4O2. The van der Waals surface area contributed by atoms with E-state index in [1.807, 2.05) is 31.2 Å². The molecule has 33 heavy (non-hydrogen) atoms. The zero-order valence-electron chi connectivity index (χ0n) is 18.2. The van der Waals surface area contributed by atoms with E-state index in [9.17, 15) is 9.18 Å². The van der Waals surface area contributed by atoms with Gasteiger partial charge in [0.2, 0.25) is 5.91 Å². The Labute approximate surface area is 189 Å². The molecule has 0 fully saturated rings. The van der Waals surface area contributed by atoms with E-state index in [1.165, 1.54) is 12.1 Å². The van der Waals surface area contributed by atoms with Gasteiger partial charge in [-0.15, -0.1) is 0 Å². The lowest BCUT2D eigenvalue weighted by molar-refractivity contribution is -0.116. The Balaban J connectivity index is 1.59. The molecule has 2 aromatic heterocycles. The van der Waals surface area contributed by atoms with Crippen LogP contribution in [0.2, 0.25) is 0 Å². The average molecular weight is 440 g/mol. The molecule has 5 rings (SSSR count). The Hall–Kier alpha value is -4.26. The van der Waals surface area contributed by atoms with E-state index in [4.69, 9.17) is 9.84 Å². The molecule has 0 saturated carbocycles. The summed E-state index contributed by atoms with van der Waals surface area (Å²) in [5.41, 5.74) is 4.68. The van der Waals surface area contributed by atoms with Gasteiger partial charge in [0.15, 0.2) is 0 Å².